The maximum atomic E-state index is 12.9. The number of benzene rings is 1. The maximum absolute atomic E-state index is 12.9. The lowest BCUT2D eigenvalue weighted by Crippen LogP contribution is -2.31. The summed E-state index contributed by atoms with van der Waals surface area (Å²) in [6.07, 6.45) is 5.44. The monoisotopic (exact) mass is 495 g/mol. The number of nitrogens with zero attached hydrogens (tertiary/aromatic N) is 3. The smallest absolute Gasteiger partial charge is 0.254 e. The number of Topliss-reactive ketones (excluding diaryl/α,β-unsaturated/α-hetero) is 1. The number of aromatic nitrogens is 2. The van der Waals surface area contributed by atoms with E-state index in [1.54, 1.807) is 18.5 Å². The quantitative estimate of drug-likeness (QED) is 0.437. The Hall–Kier alpha value is -2.77. The molecule has 0 N–H and O–H groups in total. The summed E-state index contributed by atoms with van der Waals surface area (Å²) in [5, 5.41) is 0. The summed E-state index contributed by atoms with van der Waals surface area (Å²) in [4.78, 5) is 32.0. The summed E-state index contributed by atoms with van der Waals surface area (Å²) in [5.74, 6) is 0.378. The first kappa shape index (κ1) is 22.4. The van der Waals surface area contributed by atoms with Crippen LogP contribution in [0.1, 0.15) is 40.5 Å². The highest BCUT2D eigenvalue weighted by Gasteiger charge is 2.18. The van der Waals surface area contributed by atoms with Gasteiger partial charge in [-0.2, -0.15) is 0 Å². The van der Waals surface area contributed by atoms with Crippen LogP contribution in [0, 0.1) is 0 Å². The van der Waals surface area contributed by atoms with E-state index in [0.29, 0.717) is 11.3 Å². The molecule has 6 nitrogen and oxygen atoms in total. The number of hydrogen-bond donors (Lipinski definition) is 0. The normalized spacial score (nSPS) is 13.6. The van der Waals surface area contributed by atoms with E-state index in [2.05, 4.69) is 38.8 Å². The van der Waals surface area contributed by atoms with Crippen LogP contribution in [0.25, 0.3) is 0 Å². The number of carbonyl (C=O) groups excluding carboxylic acids is 1. The fourth-order valence-electron chi connectivity index (χ4n) is 3.90. The fraction of sp³-hybridized carbons (Fsp3) is 0.320. The molecule has 0 radical (unpaired) electrons. The van der Waals surface area contributed by atoms with E-state index in [1.165, 1.54) is 21.8 Å². The Kier molecular flexibility index (Phi) is 7.17. The first-order valence-electron chi connectivity index (χ1n) is 10.8. The van der Waals surface area contributed by atoms with Gasteiger partial charge < -0.3 is 9.30 Å². The van der Waals surface area contributed by atoms with Gasteiger partial charge in [0.2, 0.25) is 0 Å². The predicted octanol–water partition coefficient (Wildman–Crippen LogP) is 4.24. The van der Waals surface area contributed by atoms with Crippen molar-refractivity contribution >= 4 is 21.7 Å². The highest BCUT2D eigenvalue weighted by Crippen LogP contribution is 2.21. The SMILES string of the molecule is CCCN1CCc2ccc(C(=O)Cn3ccc(OCc4ccc(Br)cn4)cc3=O)cc2C1. The van der Waals surface area contributed by atoms with Crippen LogP contribution in [0.15, 0.2) is 64.1 Å². The van der Waals surface area contributed by atoms with Gasteiger partial charge in [-0.25, -0.2) is 0 Å². The van der Waals surface area contributed by atoms with Crippen LogP contribution in [0.5, 0.6) is 5.75 Å². The van der Waals surface area contributed by atoms with Crippen LogP contribution in [0.4, 0.5) is 0 Å². The fourth-order valence-corrected chi connectivity index (χ4v) is 4.14. The first-order chi connectivity index (χ1) is 15.5. The molecule has 4 rings (SSSR count). The molecular formula is C25H26BrN3O3. The van der Waals surface area contributed by atoms with Crippen LogP contribution in [-0.2, 0) is 26.1 Å². The standard InChI is InChI=1S/C25H26BrN3O3/c1-2-9-28-10-7-18-3-4-19(12-20(18)15-28)24(30)16-29-11-8-23(13-25(29)31)32-17-22-6-5-21(26)14-27-22/h3-6,8,11-14H,2,7,9-10,15-17H2,1H3. The van der Waals surface area contributed by atoms with Gasteiger partial charge in [-0.05, 0) is 70.7 Å². The second-order valence-electron chi connectivity index (χ2n) is 8.02. The molecule has 0 atom stereocenters. The molecule has 1 aromatic carbocycles. The molecule has 0 spiro atoms. The van der Waals surface area contributed by atoms with Crippen molar-refractivity contribution in [3.63, 3.8) is 0 Å². The average molecular weight is 496 g/mol. The molecular weight excluding hydrogens is 470 g/mol. The Morgan fingerprint density at radius 1 is 1.16 bits per heavy atom. The van der Waals surface area contributed by atoms with E-state index in [0.717, 1.165) is 42.6 Å². The molecule has 0 amide bonds. The second-order valence-corrected chi connectivity index (χ2v) is 8.93. The van der Waals surface area contributed by atoms with E-state index in [1.807, 2.05) is 24.3 Å². The molecule has 166 valence electrons. The second kappa shape index (κ2) is 10.2. The molecule has 0 unspecified atom stereocenters. The Balaban J connectivity index is 1.40. The van der Waals surface area contributed by atoms with Crippen molar-refractivity contribution in [1.82, 2.24) is 14.5 Å². The van der Waals surface area contributed by atoms with E-state index >= 15 is 0 Å². The molecule has 0 saturated carbocycles. The summed E-state index contributed by atoms with van der Waals surface area (Å²) >= 11 is 3.35. The predicted molar refractivity (Wildman–Crippen MR) is 127 cm³/mol. The van der Waals surface area contributed by atoms with Gasteiger partial charge in [0, 0.05) is 41.6 Å². The highest BCUT2D eigenvalue weighted by molar-refractivity contribution is 9.10. The van der Waals surface area contributed by atoms with Gasteiger partial charge in [0.05, 0.1) is 12.2 Å². The molecule has 1 aliphatic rings. The van der Waals surface area contributed by atoms with Gasteiger partial charge in [0.1, 0.15) is 12.4 Å². The summed E-state index contributed by atoms with van der Waals surface area (Å²) in [6, 6.07) is 12.8. The molecule has 0 bridgehead atoms. The van der Waals surface area contributed by atoms with Crippen LogP contribution in [0.3, 0.4) is 0 Å². The third-order valence-electron chi connectivity index (χ3n) is 5.62. The van der Waals surface area contributed by atoms with Crippen molar-refractivity contribution in [2.75, 3.05) is 13.1 Å². The zero-order chi connectivity index (χ0) is 22.5. The summed E-state index contributed by atoms with van der Waals surface area (Å²) in [5.41, 5.74) is 3.67. The van der Waals surface area contributed by atoms with Gasteiger partial charge in [-0.15, -0.1) is 0 Å². The van der Waals surface area contributed by atoms with Gasteiger partial charge in [-0.1, -0.05) is 19.1 Å². The molecule has 7 heteroatoms. The van der Waals surface area contributed by atoms with Crippen molar-refractivity contribution in [2.24, 2.45) is 0 Å². The van der Waals surface area contributed by atoms with Crippen LogP contribution < -0.4 is 10.3 Å². The number of carbonyl (C=O) groups is 1. The van der Waals surface area contributed by atoms with Crippen LogP contribution in [-0.4, -0.2) is 33.3 Å². The first-order valence-corrected chi connectivity index (χ1v) is 11.6. The topological polar surface area (TPSA) is 64.4 Å². The Morgan fingerprint density at radius 2 is 2.03 bits per heavy atom. The molecule has 0 aliphatic carbocycles. The number of ether oxygens (including phenoxy) is 1. The number of pyridine rings is 2. The van der Waals surface area contributed by atoms with E-state index in [4.69, 9.17) is 4.74 Å². The lowest BCUT2D eigenvalue weighted by atomic mass is 9.96. The number of hydrogen-bond acceptors (Lipinski definition) is 5. The molecule has 3 aromatic rings. The largest absolute Gasteiger partial charge is 0.487 e. The average Bonchev–Trinajstić information content (AvgIpc) is 2.80. The molecule has 2 aromatic heterocycles. The van der Waals surface area contributed by atoms with Gasteiger partial charge >= 0.3 is 0 Å². The number of ketones is 1. The van der Waals surface area contributed by atoms with E-state index in [-0.39, 0.29) is 24.5 Å². The number of rotatable bonds is 8. The van der Waals surface area contributed by atoms with E-state index < -0.39 is 0 Å². The summed E-state index contributed by atoms with van der Waals surface area (Å²) in [6.45, 7) is 5.46. The minimum atomic E-state index is -0.272. The Bertz CT molecular complexity index is 1160. The van der Waals surface area contributed by atoms with Crippen molar-refractivity contribution in [1.29, 1.82) is 0 Å². The molecule has 32 heavy (non-hydrogen) atoms. The third-order valence-corrected chi connectivity index (χ3v) is 6.09. The lowest BCUT2D eigenvalue weighted by Gasteiger charge is -2.28. The zero-order valence-corrected chi connectivity index (χ0v) is 19.7. The number of fused-ring (bicyclic) bond motifs is 1. The molecule has 0 fully saturated rings. The molecule has 0 saturated heterocycles. The Labute approximate surface area is 196 Å². The third kappa shape index (κ3) is 5.53. The maximum Gasteiger partial charge on any atom is 0.254 e. The van der Waals surface area contributed by atoms with Crippen molar-refractivity contribution < 1.29 is 9.53 Å². The minimum Gasteiger partial charge on any atom is -0.487 e. The van der Waals surface area contributed by atoms with Crippen molar-refractivity contribution in [3.05, 3.63) is 92.1 Å². The molecule has 1 aliphatic heterocycles. The van der Waals surface area contributed by atoms with Crippen LogP contribution >= 0.6 is 15.9 Å². The van der Waals surface area contributed by atoms with Gasteiger partial charge in [0.15, 0.2) is 5.78 Å². The van der Waals surface area contributed by atoms with Crippen molar-refractivity contribution in [3.8, 4) is 5.75 Å². The lowest BCUT2D eigenvalue weighted by molar-refractivity contribution is 0.0970. The summed E-state index contributed by atoms with van der Waals surface area (Å²) < 4.78 is 7.98. The van der Waals surface area contributed by atoms with Gasteiger partial charge in [-0.3, -0.25) is 19.5 Å². The van der Waals surface area contributed by atoms with Crippen molar-refractivity contribution in [2.45, 2.75) is 39.5 Å². The minimum absolute atomic E-state index is 0.00480. The van der Waals surface area contributed by atoms with E-state index in [9.17, 15) is 9.59 Å². The highest BCUT2D eigenvalue weighted by atomic mass is 79.9. The molecule has 3 heterocycles. The van der Waals surface area contributed by atoms with Gasteiger partial charge in [0.25, 0.3) is 5.56 Å². The number of halogens is 1. The van der Waals surface area contributed by atoms with Crippen LogP contribution in [0.2, 0.25) is 0 Å². The summed E-state index contributed by atoms with van der Waals surface area (Å²) in [7, 11) is 0. The Morgan fingerprint density at radius 3 is 2.78 bits per heavy atom. The zero-order valence-electron chi connectivity index (χ0n) is 18.1.